The van der Waals surface area contributed by atoms with Gasteiger partial charge >= 0.3 is 0 Å². The summed E-state index contributed by atoms with van der Waals surface area (Å²) < 4.78 is 0. The third-order valence-electron chi connectivity index (χ3n) is 1.81. The van der Waals surface area contributed by atoms with E-state index in [4.69, 9.17) is 5.73 Å². The van der Waals surface area contributed by atoms with Gasteiger partial charge < -0.3 is 16.0 Å². The Balaban J connectivity index is 3.31. The molecule has 10 heavy (non-hydrogen) atoms. The number of rotatable bonds is 5. The first kappa shape index (κ1) is 9.88. The van der Waals surface area contributed by atoms with E-state index in [-0.39, 0.29) is 0 Å². The van der Waals surface area contributed by atoms with Gasteiger partial charge in [-0.3, -0.25) is 0 Å². The normalized spacial score (nSPS) is 14.1. The Morgan fingerprint density at radius 1 is 1.60 bits per heavy atom. The molecule has 0 saturated heterocycles. The Morgan fingerprint density at radius 2 is 2.20 bits per heavy atom. The van der Waals surface area contributed by atoms with Crippen molar-refractivity contribution in [2.75, 3.05) is 33.7 Å². The van der Waals surface area contributed by atoms with Crippen LogP contribution < -0.4 is 11.1 Å². The van der Waals surface area contributed by atoms with Crippen LogP contribution in [-0.4, -0.2) is 44.7 Å². The molecule has 3 N–H and O–H groups in total. The minimum atomic E-state index is 0.494. The van der Waals surface area contributed by atoms with E-state index in [0.29, 0.717) is 6.04 Å². The summed E-state index contributed by atoms with van der Waals surface area (Å²) in [6.45, 7) is 4.96. The third kappa shape index (κ3) is 3.82. The Bertz CT molecular complexity index is 75.3. The first-order valence-electron chi connectivity index (χ1n) is 3.77. The first-order chi connectivity index (χ1) is 4.72. The molecule has 1 unspecified atom stereocenters. The van der Waals surface area contributed by atoms with Gasteiger partial charge in [-0.1, -0.05) is 0 Å². The van der Waals surface area contributed by atoms with Crippen molar-refractivity contribution in [1.29, 1.82) is 0 Å². The Labute approximate surface area is 63.6 Å². The maximum Gasteiger partial charge on any atom is 0.0187 e. The van der Waals surface area contributed by atoms with Gasteiger partial charge in [0.05, 0.1) is 0 Å². The van der Waals surface area contributed by atoms with Gasteiger partial charge in [0.15, 0.2) is 0 Å². The molecular weight excluding hydrogens is 126 g/mol. The molecule has 62 valence electrons. The van der Waals surface area contributed by atoms with Crippen LogP contribution in [-0.2, 0) is 0 Å². The minimum Gasteiger partial charge on any atom is -0.329 e. The molecule has 3 heteroatoms. The van der Waals surface area contributed by atoms with E-state index in [1.807, 2.05) is 7.05 Å². The van der Waals surface area contributed by atoms with Crippen molar-refractivity contribution in [3.05, 3.63) is 0 Å². The van der Waals surface area contributed by atoms with Gasteiger partial charge in [0.1, 0.15) is 0 Å². The lowest BCUT2D eigenvalue weighted by atomic mass is 10.3. The first-order valence-corrected chi connectivity index (χ1v) is 3.77. The summed E-state index contributed by atoms with van der Waals surface area (Å²) in [6, 6.07) is 0.494. The number of hydrogen-bond acceptors (Lipinski definition) is 3. The van der Waals surface area contributed by atoms with E-state index in [1.54, 1.807) is 0 Å². The molecule has 0 aromatic rings. The number of nitrogens with two attached hydrogens (primary N) is 1. The Kier molecular flexibility index (Phi) is 5.58. The predicted molar refractivity (Wildman–Crippen MR) is 45.1 cm³/mol. The number of likely N-dealkylation sites (N-methyl/N-ethyl adjacent to an activating group) is 2. The summed E-state index contributed by atoms with van der Waals surface area (Å²) in [5.74, 6) is 0. The van der Waals surface area contributed by atoms with Gasteiger partial charge in [-0.15, -0.1) is 0 Å². The zero-order chi connectivity index (χ0) is 7.98. The molecule has 0 aliphatic heterocycles. The van der Waals surface area contributed by atoms with Crippen molar-refractivity contribution in [3.8, 4) is 0 Å². The summed E-state index contributed by atoms with van der Waals surface area (Å²) in [6.07, 6.45) is 0. The molecule has 0 radical (unpaired) electrons. The van der Waals surface area contributed by atoms with Crippen LogP contribution in [0.1, 0.15) is 6.92 Å². The molecule has 0 bridgehead atoms. The van der Waals surface area contributed by atoms with E-state index in [0.717, 1.165) is 19.6 Å². The minimum absolute atomic E-state index is 0.494. The van der Waals surface area contributed by atoms with Crippen LogP contribution in [0.4, 0.5) is 0 Å². The number of nitrogens with one attached hydrogen (secondary N) is 1. The molecule has 0 saturated carbocycles. The predicted octanol–water partition coefficient (Wildman–Crippen LogP) is -0.515. The van der Waals surface area contributed by atoms with Crippen molar-refractivity contribution in [2.45, 2.75) is 13.0 Å². The van der Waals surface area contributed by atoms with Crippen molar-refractivity contribution < 1.29 is 0 Å². The van der Waals surface area contributed by atoms with Crippen LogP contribution in [0.15, 0.2) is 0 Å². The molecule has 0 rings (SSSR count). The standard InChI is InChI=1S/C7H19N3/c1-7(6-8)10(3)5-4-9-2/h7,9H,4-6,8H2,1-3H3. The zero-order valence-electron chi connectivity index (χ0n) is 7.22. The molecule has 0 spiro atoms. The van der Waals surface area contributed by atoms with Gasteiger partial charge in [0.25, 0.3) is 0 Å². The second-order valence-electron chi connectivity index (χ2n) is 2.67. The highest BCUT2D eigenvalue weighted by Crippen LogP contribution is 1.89. The van der Waals surface area contributed by atoms with Gasteiger partial charge in [-0.05, 0) is 21.0 Å². The second-order valence-corrected chi connectivity index (χ2v) is 2.67. The summed E-state index contributed by atoms with van der Waals surface area (Å²) >= 11 is 0. The van der Waals surface area contributed by atoms with Crippen LogP contribution in [0, 0.1) is 0 Å². The maximum atomic E-state index is 5.48. The Hall–Kier alpha value is -0.120. The topological polar surface area (TPSA) is 41.3 Å². The van der Waals surface area contributed by atoms with E-state index in [1.165, 1.54) is 0 Å². The van der Waals surface area contributed by atoms with Crippen LogP contribution in [0.3, 0.4) is 0 Å². The highest BCUT2D eigenvalue weighted by atomic mass is 15.1. The summed E-state index contributed by atoms with van der Waals surface area (Å²) in [4.78, 5) is 2.25. The zero-order valence-corrected chi connectivity index (χ0v) is 7.22. The van der Waals surface area contributed by atoms with Crippen molar-refractivity contribution in [3.63, 3.8) is 0 Å². The molecule has 3 nitrogen and oxygen atoms in total. The van der Waals surface area contributed by atoms with Gasteiger partial charge in [0.2, 0.25) is 0 Å². The highest BCUT2D eigenvalue weighted by Gasteiger charge is 2.04. The third-order valence-corrected chi connectivity index (χ3v) is 1.81. The molecule has 0 aromatic carbocycles. The lowest BCUT2D eigenvalue weighted by molar-refractivity contribution is 0.265. The number of hydrogen-bond donors (Lipinski definition) is 2. The summed E-state index contributed by atoms with van der Waals surface area (Å²) in [5.41, 5.74) is 5.48. The van der Waals surface area contributed by atoms with Crippen molar-refractivity contribution in [1.82, 2.24) is 10.2 Å². The molecule has 0 fully saturated rings. The van der Waals surface area contributed by atoms with Gasteiger partial charge in [-0.2, -0.15) is 0 Å². The number of nitrogens with zero attached hydrogens (tertiary/aromatic N) is 1. The second kappa shape index (κ2) is 5.65. The van der Waals surface area contributed by atoms with Crippen molar-refractivity contribution >= 4 is 0 Å². The molecule has 0 heterocycles. The summed E-state index contributed by atoms with van der Waals surface area (Å²) in [5, 5.41) is 3.10. The lowest BCUT2D eigenvalue weighted by Gasteiger charge is -2.22. The monoisotopic (exact) mass is 145 g/mol. The smallest absolute Gasteiger partial charge is 0.0187 e. The fraction of sp³-hybridized carbons (Fsp3) is 1.00. The molecule has 0 aliphatic carbocycles. The molecule has 0 aromatic heterocycles. The van der Waals surface area contributed by atoms with Crippen LogP contribution in [0.25, 0.3) is 0 Å². The molecular formula is C7H19N3. The fourth-order valence-electron chi connectivity index (χ4n) is 0.688. The largest absolute Gasteiger partial charge is 0.329 e. The van der Waals surface area contributed by atoms with E-state index in [9.17, 15) is 0 Å². The van der Waals surface area contributed by atoms with Crippen LogP contribution >= 0.6 is 0 Å². The molecule has 1 atom stereocenters. The summed E-state index contributed by atoms with van der Waals surface area (Å²) in [7, 11) is 4.05. The van der Waals surface area contributed by atoms with Gasteiger partial charge in [-0.25, -0.2) is 0 Å². The van der Waals surface area contributed by atoms with Crippen LogP contribution in [0.2, 0.25) is 0 Å². The van der Waals surface area contributed by atoms with Crippen molar-refractivity contribution in [2.24, 2.45) is 5.73 Å². The van der Waals surface area contributed by atoms with E-state index < -0.39 is 0 Å². The SMILES string of the molecule is CNCCN(C)C(C)CN. The quantitative estimate of drug-likeness (QED) is 0.547. The Morgan fingerprint density at radius 3 is 2.60 bits per heavy atom. The molecule has 0 amide bonds. The van der Waals surface area contributed by atoms with Gasteiger partial charge in [0, 0.05) is 25.7 Å². The average Bonchev–Trinajstić information content (AvgIpc) is 1.98. The highest BCUT2D eigenvalue weighted by molar-refractivity contribution is 4.63. The fourth-order valence-corrected chi connectivity index (χ4v) is 0.688. The lowest BCUT2D eigenvalue weighted by Crippen LogP contribution is -2.38. The van der Waals surface area contributed by atoms with Crippen LogP contribution in [0.5, 0.6) is 0 Å². The maximum absolute atomic E-state index is 5.48. The average molecular weight is 145 g/mol. The van der Waals surface area contributed by atoms with E-state index >= 15 is 0 Å². The molecule has 0 aliphatic rings. The van der Waals surface area contributed by atoms with E-state index in [2.05, 4.69) is 24.2 Å².